The number of carboxylic acids is 1. The lowest BCUT2D eigenvalue weighted by atomic mass is 9.92. The van der Waals surface area contributed by atoms with Crippen LogP contribution in [0.25, 0.3) is 16.8 Å². The van der Waals surface area contributed by atoms with E-state index in [2.05, 4.69) is 15.2 Å². The van der Waals surface area contributed by atoms with Gasteiger partial charge in [0.15, 0.2) is 11.5 Å². The monoisotopic (exact) mass is 663 g/mol. The van der Waals surface area contributed by atoms with Gasteiger partial charge in [-0.05, 0) is 42.8 Å². The highest BCUT2D eigenvalue weighted by molar-refractivity contribution is 6.31. The third-order valence-corrected chi connectivity index (χ3v) is 7.51. The molecule has 234 valence electrons. The second-order valence-corrected chi connectivity index (χ2v) is 10.6. The molecule has 3 heterocycles. The standard InChI is InChI=1S/C26H20Cl2F5N5O6/c1-9-34-24(38(35-9)16-6-11(27)2-3-13(16)26(31,32)33)23-22(41)20(21(40)17(8-39)44-23)37-7-12(19(36-37)25(42)43)10-4-14(29)18(28)15(30)5-10/h2-7,17,20-23,39-41H,8H2,1H3,(H,42,43)/t17?,20?,21-,22-,23+/m0/s1. The molecule has 11 nitrogen and oxygen atoms in total. The number of hydrogen-bond donors (Lipinski definition) is 4. The molecule has 44 heavy (non-hydrogen) atoms. The molecule has 0 radical (unpaired) electrons. The topological polar surface area (TPSA) is 156 Å². The van der Waals surface area contributed by atoms with E-state index in [1.165, 1.54) is 6.92 Å². The summed E-state index contributed by atoms with van der Waals surface area (Å²) in [5.41, 5.74) is -3.08. The fourth-order valence-corrected chi connectivity index (χ4v) is 5.24. The number of rotatable bonds is 6. The van der Waals surface area contributed by atoms with E-state index in [4.69, 9.17) is 27.9 Å². The normalized spacial score (nSPS) is 22.4. The van der Waals surface area contributed by atoms with Crippen LogP contribution in [0.4, 0.5) is 22.0 Å². The first-order chi connectivity index (χ1) is 20.6. The van der Waals surface area contributed by atoms with E-state index in [9.17, 15) is 47.2 Å². The maximum Gasteiger partial charge on any atom is 0.418 e. The summed E-state index contributed by atoms with van der Waals surface area (Å²) in [6.45, 7) is 0.485. The molecule has 2 unspecified atom stereocenters. The number of carboxylic acid groups (broad SMARTS) is 1. The van der Waals surface area contributed by atoms with Crippen LogP contribution in [0.3, 0.4) is 0 Å². The van der Waals surface area contributed by atoms with Gasteiger partial charge in [0.1, 0.15) is 52.9 Å². The maximum absolute atomic E-state index is 14.2. The summed E-state index contributed by atoms with van der Waals surface area (Å²) in [5, 5.41) is 49.3. The molecule has 2 aromatic heterocycles. The Balaban J connectivity index is 1.65. The number of aliphatic hydroxyl groups is 3. The Morgan fingerprint density at radius 2 is 1.73 bits per heavy atom. The molecule has 1 fully saturated rings. The van der Waals surface area contributed by atoms with Crippen molar-refractivity contribution in [3.63, 3.8) is 0 Å². The number of benzene rings is 2. The summed E-state index contributed by atoms with van der Waals surface area (Å²) in [6.07, 6.45) is -10.8. The van der Waals surface area contributed by atoms with E-state index in [1.54, 1.807) is 0 Å². The number of nitrogens with zero attached hydrogens (tertiary/aromatic N) is 5. The van der Waals surface area contributed by atoms with Crippen LogP contribution in [-0.2, 0) is 10.9 Å². The van der Waals surface area contributed by atoms with Gasteiger partial charge < -0.3 is 25.2 Å². The zero-order valence-electron chi connectivity index (χ0n) is 22.0. The summed E-state index contributed by atoms with van der Waals surface area (Å²) in [4.78, 5) is 16.2. The van der Waals surface area contributed by atoms with E-state index in [0.29, 0.717) is 0 Å². The SMILES string of the molecule is Cc1nc([C@@H]2OC(CO)[C@H](O)C(n3cc(-c4cc(F)c(Cl)c(F)c4)c(C(=O)O)n3)[C@@H]2O)n(-c2cc(Cl)ccc2C(F)(F)F)n1. The van der Waals surface area contributed by atoms with Crippen molar-refractivity contribution in [3.05, 3.63) is 81.1 Å². The number of carbonyl (C=O) groups is 1. The average Bonchev–Trinajstić information content (AvgIpc) is 3.55. The van der Waals surface area contributed by atoms with Crippen molar-refractivity contribution >= 4 is 29.2 Å². The van der Waals surface area contributed by atoms with Crippen LogP contribution in [-0.4, -0.2) is 75.9 Å². The lowest BCUT2D eigenvalue weighted by molar-refractivity contribution is -0.210. The molecule has 1 aliphatic rings. The molecule has 4 N–H and O–H groups in total. The zero-order valence-corrected chi connectivity index (χ0v) is 23.6. The highest BCUT2D eigenvalue weighted by Gasteiger charge is 2.49. The van der Waals surface area contributed by atoms with Crippen molar-refractivity contribution in [2.45, 2.75) is 43.6 Å². The minimum absolute atomic E-state index is 0.0477. The Morgan fingerprint density at radius 1 is 1.07 bits per heavy atom. The van der Waals surface area contributed by atoms with Crippen molar-refractivity contribution in [1.82, 2.24) is 24.5 Å². The second-order valence-electron chi connectivity index (χ2n) is 9.77. The van der Waals surface area contributed by atoms with Crippen LogP contribution in [0.2, 0.25) is 10.0 Å². The molecule has 0 bridgehead atoms. The van der Waals surface area contributed by atoms with E-state index in [1.807, 2.05) is 0 Å². The molecular formula is C26H20Cl2F5N5O6. The number of halogens is 7. The van der Waals surface area contributed by atoms with Gasteiger partial charge in [0.25, 0.3) is 0 Å². The van der Waals surface area contributed by atoms with E-state index in [-0.39, 0.29) is 27.8 Å². The number of ether oxygens (including phenoxy) is 1. The van der Waals surface area contributed by atoms with Gasteiger partial charge >= 0.3 is 12.1 Å². The van der Waals surface area contributed by atoms with E-state index < -0.39 is 82.8 Å². The smallest absolute Gasteiger partial charge is 0.418 e. The molecule has 0 spiro atoms. The minimum Gasteiger partial charge on any atom is -0.476 e. The third kappa shape index (κ3) is 5.64. The van der Waals surface area contributed by atoms with Gasteiger partial charge in [0.05, 0.1) is 17.9 Å². The Morgan fingerprint density at radius 3 is 2.32 bits per heavy atom. The summed E-state index contributed by atoms with van der Waals surface area (Å²) in [5.74, 6) is -4.48. The predicted molar refractivity (Wildman–Crippen MR) is 141 cm³/mol. The van der Waals surface area contributed by atoms with Crippen LogP contribution in [0, 0.1) is 18.6 Å². The highest BCUT2D eigenvalue weighted by atomic mass is 35.5. The molecule has 0 amide bonds. The summed E-state index contributed by atoms with van der Waals surface area (Å²) in [7, 11) is 0. The maximum atomic E-state index is 14.2. The number of alkyl halides is 3. The predicted octanol–water partition coefficient (Wildman–Crippen LogP) is 4.14. The van der Waals surface area contributed by atoms with Gasteiger partial charge in [0, 0.05) is 16.8 Å². The van der Waals surface area contributed by atoms with Gasteiger partial charge in [-0.2, -0.15) is 23.4 Å². The van der Waals surface area contributed by atoms with Crippen molar-refractivity contribution in [2.24, 2.45) is 0 Å². The van der Waals surface area contributed by atoms with Crippen LogP contribution in [0.1, 0.15) is 39.8 Å². The number of aromatic carboxylic acids is 1. The first-order valence-electron chi connectivity index (χ1n) is 12.5. The molecule has 2 aromatic carbocycles. The van der Waals surface area contributed by atoms with Crippen LogP contribution >= 0.6 is 23.2 Å². The molecule has 0 saturated carbocycles. The number of aliphatic hydroxyl groups excluding tert-OH is 3. The lowest BCUT2D eigenvalue weighted by Gasteiger charge is -2.42. The first-order valence-corrected chi connectivity index (χ1v) is 13.3. The van der Waals surface area contributed by atoms with E-state index in [0.717, 1.165) is 45.9 Å². The van der Waals surface area contributed by atoms with Gasteiger partial charge in [-0.3, -0.25) is 4.68 Å². The number of hydrogen-bond acceptors (Lipinski definition) is 8. The van der Waals surface area contributed by atoms with Gasteiger partial charge in [0.2, 0.25) is 0 Å². The Hall–Kier alpha value is -3.67. The molecule has 5 rings (SSSR count). The summed E-state index contributed by atoms with van der Waals surface area (Å²) in [6, 6.07) is 2.59. The van der Waals surface area contributed by atoms with Crippen molar-refractivity contribution < 1.29 is 51.9 Å². The molecule has 0 aliphatic carbocycles. The van der Waals surface area contributed by atoms with Crippen LogP contribution < -0.4 is 0 Å². The molecule has 5 atom stereocenters. The molecule has 18 heteroatoms. The van der Waals surface area contributed by atoms with Crippen LogP contribution in [0.15, 0.2) is 36.5 Å². The number of aryl methyl sites for hydroxylation is 1. The average molecular weight is 664 g/mol. The summed E-state index contributed by atoms with van der Waals surface area (Å²) < 4.78 is 77.5. The number of aromatic nitrogens is 5. The minimum atomic E-state index is -4.87. The van der Waals surface area contributed by atoms with Crippen molar-refractivity contribution in [2.75, 3.05) is 6.61 Å². The summed E-state index contributed by atoms with van der Waals surface area (Å²) >= 11 is 11.5. The fraction of sp³-hybridized carbons (Fsp3) is 0.308. The van der Waals surface area contributed by atoms with Gasteiger partial charge in [-0.1, -0.05) is 23.2 Å². The van der Waals surface area contributed by atoms with Gasteiger partial charge in [-0.15, -0.1) is 0 Å². The molecule has 1 saturated heterocycles. The quantitative estimate of drug-likeness (QED) is 0.176. The lowest BCUT2D eigenvalue weighted by Crippen LogP contribution is -2.53. The first kappa shape index (κ1) is 31.7. The Bertz CT molecular complexity index is 1730. The zero-order chi connectivity index (χ0) is 32.2. The Kier molecular flexibility index (Phi) is 8.43. The van der Waals surface area contributed by atoms with Crippen molar-refractivity contribution in [1.29, 1.82) is 0 Å². The van der Waals surface area contributed by atoms with Crippen LogP contribution in [0.5, 0.6) is 0 Å². The molecular weight excluding hydrogens is 644 g/mol. The molecule has 4 aromatic rings. The fourth-order valence-electron chi connectivity index (χ4n) is 4.97. The van der Waals surface area contributed by atoms with E-state index >= 15 is 0 Å². The Labute approximate surface area is 253 Å². The second kappa shape index (κ2) is 11.7. The molecule has 1 aliphatic heterocycles. The highest BCUT2D eigenvalue weighted by Crippen LogP contribution is 2.41. The largest absolute Gasteiger partial charge is 0.476 e. The van der Waals surface area contributed by atoms with Gasteiger partial charge in [-0.25, -0.2) is 23.2 Å². The van der Waals surface area contributed by atoms with Crippen molar-refractivity contribution in [3.8, 4) is 16.8 Å². The third-order valence-electron chi connectivity index (χ3n) is 6.91.